The molecule has 1 aliphatic carbocycles. The lowest BCUT2D eigenvalue weighted by Crippen LogP contribution is -2.34. The van der Waals surface area contributed by atoms with Crippen molar-refractivity contribution in [1.82, 2.24) is 0 Å². The standard InChI is InChI=1S/C10H18O3/c1-5-13-7(2)10(8(11)12)6-9(10,3)4/h7H,5-6H2,1-4H3,(H,11,12). The van der Waals surface area contributed by atoms with Crippen molar-refractivity contribution in [1.29, 1.82) is 0 Å². The van der Waals surface area contributed by atoms with Crippen molar-refractivity contribution in [2.75, 3.05) is 6.61 Å². The highest BCUT2D eigenvalue weighted by Crippen LogP contribution is 2.66. The SMILES string of the molecule is CCOC(C)C1(C(=O)O)CC1(C)C. The van der Waals surface area contributed by atoms with Crippen molar-refractivity contribution in [3.05, 3.63) is 0 Å². The van der Waals surface area contributed by atoms with E-state index in [9.17, 15) is 4.79 Å². The molecular weight excluding hydrogens is 168 g/mol. The van der Waals surface area contributed by atoms with Gasteiger partial charge in [0.2, 0.25) is 0 Å². The van der Waals surface area contributed by atoms with Crippen LogP contribution in [0.3, 0.4) is 0 Å². The Morgan fingerprint density at radius 3 is 2.31 bits per heavy atom. The summed E-state index contributed by atoms with van der Waals surface area (Å²) in [7, 11) is 0. The summed E-state index contributed by atoms with van der Waals surface area (Å²) in [6, 6.07) is 0. The molecule has 0 spiro atoms. The van der Waals surface area contributed by atoms with Crippen molar-refractivity contribution in [2.24, 2.45) is 10.8 Å². The fourth-order valence-electron chi connectivity index (χ4n) is 2.28. The third-order valence-corrected chi connectivity index (χ3v) is 3.30. The van der Waals surface area contributed by atoms with E-state index in [1.807, 2.05) is 27.7 Å². The molecule has 3 nitrogen and oxygen atoms in total. The van der Waals surface area contributed by atoms with Gasteiger partial charge in [0.25, 0.3) is 0 Å². The van der Waals surface area contributed by atoms with E-state index in [0.717, 1.165) is 6.42 Å². The Bertz CT molecular complexity index is 222. The lowest BCUT2D eigenvalue weighted by Gasteiger charge is -2.23. The summed E-state index contributed by atoms with van der Waals surface area (Å²) in [6.45, 7) is 8.29. The van der Waals surface area contributed by atoms with Crippen molar-refractivity contribution in [3.63, 3.8) is 0 Å². The predicted octanol–water partition coefficient (Wildman–Crippen LogP) is 1.91. The Hall–Kier alpha value is -0.570. The molecule has 76 valence electrons. The van der Waals surface area contributed by atoms with E-state index >= 15 is 0 Å². The third-order valence-electron chi connectivity index (χ3n) is 3.30. The lowest BCUT2D eigenvalue weighted by molar-refractivity contribution is -0.151. The normalized spacial score (nSPS) is 32.6. The van der Waals surface area contributed by atoms with Gasteiger partial charge in [0.05, 0.1) is 11.5 Å². The Morgan fingerprint density at radius 2 is 2.08 bits per heavy atom. The molecule has 3 heteroatoms. The first-order valence-electron chi connectivity index (χ1n) is 4.73. The first-order valence-corrected chi connectivity index (χ1v) is 4.73. The van der Waals surface area contributed by atoms with Gasteiger partial charge in [-0.2, -0.15) is 0 Å². The number of aliphatic carboxylic acids is 1. The second-order valence-electron chi connectivity index (χ2n) is 4.43. The summed E-state index contributed by atoms with van der Waals surface area (Å²) >= 11 is 0. The number of rotatable bonds is 4. The Balaban J connectivity index is 2.78. The van der Waals surface area contributed by atoms with E-state index in [-0.39, 0.29) is 11.5 Å². The zero-order valence-corrected chi connectivity index (χ0v) is 8.76. The molecule has 2 atom stereocenters. The van der Waals surface area contributed by atoms with Gasteiger partial charge in [0.1, 0.15) is 0 Å². The van der Waals surface area contributed by atoms with Crippen LogP contribution in [-0.4, -0.2) is 23.8 Å². The molecule has 0 radical (unpaired) electrons. The maximum Gasteiger partial charge on any atom is 0.312 e. The highest BCUT2D eigenvalue weighted by Gasteiger charge is 2.70. The minimum atomic E-state index is -0.724. The van der Waals surface area contributed by atoms with Gasteiger partial charge in [0.15, 0.2) is 0 Å². The van der Waals surface area contributed by atoms with Gasteiger partial charge in [0, 0.05) is 6.61 Å². The predicted molar refractivity (Wildman–Crippen MR) is 49.6 cm³/mol. The fraction of sp³-hybridized carbons (Fsp3) is 0.900. The van der Waals surface area contributed by atoms with Crippen LogP contribution in [0.15, 0.2) is 0 Å². The average molecular weight is 186 g/mol. The highest BCUT2D eigenvalue weighted by atomic mass is 16.5. The molecule has 1 fully saturated rings. The minimum Gasteiger partial charge on any atom is -0.481 e. The van der Waals surface area contributed by atoms with Crippen LogP contribution in [0.2, 0.25) is 0 Å². The molecule has 0 amide bonds. The summed E-state index contributed by atoms with van der Waals surface area (Å²) in [4.78, 5) is 11.1. The number of ether oxygens (including phenoxy) is 1. The van der Waals surface area contributed by atoms with Crippen LogP contribution in [-0.2, 0) is 9.53 Å². The van der Waals surface area contributed by atoms with Crippen LogP contribution >= 0.6 is 0 Å². The van der Waals surface area contributed by atoms with Crippen molar-refractivity contribution < 1.29 is 14.6 Å². The Morgan fingerprint density at radius 1 is 1.62 bits per heavy atom. The summed E-state index contributed by atoms with van der Waals surface area (Å²) in [5.74, 6) is -0.724. The molecule has 0 aromatic carbocycles. The molecule has 0 bridgehead atoms. The minimum absolute atomic E-state index is 0.118. The first kappa shape index (κ1) is 10.5. The van der Waals surface area contributed by atoms with Crippen LogP contribution in [0.5, 0.6) is 0 Å². The number of carboxylic acids is 1. The molecule has 0 saturated heterocycles. The average Bonchev–Trinajstić information content (AvgIpc) is 2.56. The fourth-order valence-corrected chi connectivity index (χ4v) is 2.28. The zero-order chi connectivity index (χ0) is 10.3. The van der Waals surface area contributed by atoms with Gasteiger partial charge in [-0.15, -0.1) is 0 Å². The third kappa shape index (κ3) is 1.35. The van der Waals surface area contributed by atoms with Crippen LogP contribution in [0.4, 0.5) is 0 Å². The van der Waals surface area contributed by atoms with E-state index in [1.165, 1.54) is 0 Å². The molecule has 0 aromatic heterocycles. The van der Waals surface area contributed by atoms with Gasteiger partial charge in [-0.1, -0.05) is 13.8 Å². The van der Waals surface area contributed by atoms with Crippen molar-refractivity contribution >= 4 is 5.97 Å². The zero-order valence-electron chi connectivity index (χ0n) is 8.76. The van der Waals surface area contributed by atoms with E-state index in [4.69, 9.17) is 9.84 Å². The highest BCUT2D eigenvalue weighted by molar-refractivity contribution is 5.80. The molecule has 1 saturated carbocycles. The largest absolute Gasteiger partial charge is 0.481 e. The summed E-state index contributed by atoms with van der Waals surface area (Å²) < 4.78 is 5.39. The van der Waals surface area contributed by atoms with Gasteiger partial charge in [-0.05, 0) is 25.7 Å². The van der Waals surface area contributed by atoms with Crippen LogP contribution < -0.4 is 0 Å². The monoisotopic (exact) mass is 186 g/mol. The molecular formula is C10H18O3. The van der Waals surface area contributed by atoms with Gasteiger partial charge >= 0.3 is 5.97 Å². The maximum absolute atomic E-state index is 11.1. The number of carbonyl (C=O) groups is 1. The molecule has 1 rings (SSSR count). The molecule has 0 aromatic rings. The Kier molecular flexibility index (Phi) is 2.41. The second-order valence-corrected chi connectivity index (χ2v) is 4.43. The smallest absolute Gasteiger partial charge is 0.312 e. The maximum atomic E-state index is 11.1. The van der Waals surface area contributed by atoms with E-state index < -0.39 is 11.4 Å². The van der Waals surface area contributed by atoms with Gasteiger partial charge in [-0.3, -0.25) is 4.79 Å². The van der Waals surface area contributed by atoms with E-state index in [2.05, 4.69) is 0 Å². The molecule has 13 heavy (non-hydrogen) atoms. The number of carboxylic acid groups (broad SMARTS) is 1. The summed E-state index contributed by atoms with van der Waals surface area (Å²) in [5.41, 5.74) is -0.767. The molecule has 0 heterocycles. The van der Waals surface area contributed by atoms with E-state index in [0.29, 0.717) is 6.61 Å². The van der Waals surface area contributed by atoms with E-state index in [1.54, 1.807) is 0 Å². The first-order chi connectivity index (χ1) is 5.88. The second kappa shape index (κ2) is 2.98. The van der Waals surface area contributed by atoms with Crippen molar-refractivity contribution in [3.8, 4) is 0 Å². The van der Waals surface area contributed by atoms with Crippen LogP contribution in [0.25, 0.3) is 0 Å². The van der Waals surface area contributed by atoms with Gasteiger partial charge in [-0.25, -0.2) is 0 Å². The van der Waals surface area contributed by atoms with Gasteiger partial charge < -0.3 is 9.84 Å². The molecule has 1 N–H and O–H groups in total. The number of hydrogen-bond donors (Lipinski definition) is 1. The lowest BCUT2D eigenvalue weighted by atomic mass is 9.91. The number of hydrogen-bond acceptors (Lipinski definition) is 2. The molecule has 2 unspecified atom stereocenters. The summed E-state index contributed by atoms with van der Waals surface area (Å²) in [5, 5.41) is 9.16. The summed E-state index contributed by atoms with van der Waals surface area (Å²) in [6.07, 6.45) is 0.529. The quantitative estimate of drug-likeness (QED) is 0.729. The van der Waals surface area contributed by atoms with Crippen LogP contribution in [0.1, 0.15) is 34.1 Å². The topological polar surface area (TPSA) is 46.5 Å². The molecule has 1 aliphatic rings. The molecule has 0 aliphatic heterocycles. The Labute approximate surface area is 79.1 Å². The van der Waals surface area contributed by atoms with Crippen molar-refractivity contribution in [2.45, 2.75) is 40.2 Å². The van der Waals surface area contributed by atoms with Crippen LogP contribution in [0, 0.1) is 10.8 Å².